The van der Waals surface area contributed by atoms with Gasteiger partial charge in [0.05, 0.1) is 24.5 Å². The van der Waals surface area contributed by atoms with Crippen LogP contribution in [0.1, 0.15) is 32.7 Å². The zero-order chi connectivity index (χ0) is 21.7. The van der Waals surface area contributed by atoms with Gasteiger partial charge in [0.1, 0.15) is 11.4 Å². The van der Waals surface area contributed by atoms with Crippen LogP contribution in [0.25, 0.3) is 11.5 Å². The van der Waals surface area contributed by atoms with Crippen molar-refractivity contribution in [3.63, 3.8) is 0 Å². The second kappa shape index (κ2) is 7.12. The maximum atomic E-state index is 13.1. The average Bonchev–Trinajstić information content (AvgIpc) is 3.47. The summed E-state index contributed by atoms with van der Waals surface area (Å²) >= 11 is 0. The number of benzene rings is 1. The molecule has 0 aliphatic carbocycles. The Morgan fingerprint density at radius 2 is 1.74 bits per heavy atom. The van der Waals surface area contributed by atoms with Crippen molar-refractivity contribution in [2.75, 3.05) is 0 Å². The number of rotatable bonds is 3. The van der Waals surface area contributed by atoms with E-state index >= 15 is 0 Å². The average molecular weight is 413 g/mol. The third-order valence-corrected chi connectivity index (χ3v) is 5.95. The molecule has 0 saturated carbocycles. The largest absolute Gasteiger partial charge is 0.328 e. The third-order valence-electron chi connectivity index (χ3n) is 5.95. The van der Waals surface area contributed by atoms with Gasteiger partial charge in [0.2, 0.25) is 0 Å². The molecule has 7 heteroatoms. The van der Waals surface area contributed by atoms with Gasteiger partial charge in [-0.3, -0.25) is 9.59 Å². The SMILES string of the molecule is Cc1ccc(-n2nc3c(c2-n2cccc2)CN(C(=O)c2cccn(C)c2=O)C3)cc1C. The van der Waals surface area contributed by atoms with Crippen molar-refractivity contribution in [1.82, 2.24) is 23.8 Å². The maximum absolute atomic E-state index is 13.1. The summed E-state index contributed by atoms with van der Waals surface area (Å²) in [6.07, 6.45) is 5.61. The van der Waals surface area contributed by atoms with Gasteiger partial charge in [0.25, 0.3) is 11.5 Å². The number of hydrogen-bond donors (Lipinski definition) is 0. The van der Waals surface area contributed by atoms with Crippen LogP contribution in [0.15, 0.2) is 65.8 Å². The maximum Gasteiger partial charge on any atom is 0.263 e. The van der Waals surface area contributed by atoms with Crippen molar-refractivity contribution in [2.24, 2.45) is 7.05 Å². The van der Waals surface area contributed by atoms with Crippen LogP contribution in [-0.2, 0) is 20.1 Å². The van der Waals surface area contributed by atoms with Gasteiger partial charge in [-0.25, -0.2) is 4.68 Å². The number of fused-ring (bicyclic) bond motifs is 1. The Hall–Kier alpha value is -3.87. The van der Waals surface area contributed by atoms with Crippen molar-refractivity contribution in [1.29, 1.82) is 0 Å². The molecule has 0 radical (unpaired) electrons. The van der Waals surface area contributed by atoms with Gasteiger partial charge in [0, 0.05) is 31.2 Å². The van der Waals surface area contributed by atoms with E-state index in [9.17, 15) is 9.59 Å². The molecule has 7 nitrogen and oxygen atoms in total. The van der Waals surface area contributed by atoms with Crippen molar-refractivity contribution in [2.45, 2.75) is 26.9 Å². The fourth-order valence-corrected chi connectivity index (χ4v) is 4.05. The van der Waals surface area contributed by atoms with Crippen molar-refractivity contribution in [3.8, 4) is 11.5 Å². The van der Waals surface area contributed by atoms with E-state index in [1.807, 2.05) is 33.8 Å². The molecule has 0 fully saturated rings. The van der Waals surface area contributed by atoms with E-state index in [1.54, 1.807) is 30.3 Å². The van der Waals surface area contributed by atoms with Crippen LogP contribution >= 0.6 is 0 Å². The van der Waals surface area contributed by atoms with E-state index in [0.717, 1.165) is 22.8 Å². The number of amides is 1. The van der Waals surface area contributed by atoms with E-state index < -0.39 is 0 Å². The molecule has 0 atom stereocenters. The van der Waals surface area contributed by atoms with Crippen LogP contribution in [-0.4, -0.2) is 29.7 Å². The second-order valence-electron chi connectivity index (χ2n) is 8.02. The standard InChI is InChI=1S/C24H23N5O2/c1-16-8-9-18(13-17(16)2)29-22(27-11-4-5-12-27)20-14-28(15-21(20)25-29)24(31)19-7-6-10-26(3)23(19)30/h4-13H,14-15H2,1-3H3. The molecule has 4 aromatic rings. The summed E-state index contributed by atoms with van der Waals surface area (Å²) in [5.41, 5.74) is 5.15. The third kappa shape index (κ3) is 3.09. The lowest BCUT2D eigenvalue weighted by Crippen LogP contribution is -2.33. The van der Waals surface area contributed by atoms with Crippen LogP contribution in [0, 0.1) is 13.8 Å². The molecule has 1 aliphatic heterocycles. The molecule has 1 aliphatic rings. The summed E-state index contributed by atoms with van der Waals surface area (Å²) in [6, 6.07) is 13.5. The number of carbonyl (C=O) groups is 1. The van der Waals surface area contributed by atoms with E-state index in [1.165, 1.54) is 15.7 Å². The topological polar surface area (TPSA) is 65.1 Å². The summed E-state index contributed by atoms with van der Waals surface area (Å²) < 4.78 is 5.39. The Balaban J connectivity index is 1.57. The smallest absolute Gasteiger partial charge is 0.263 e. The molecule has 0 unspecified atom stereocenters. The first-order valence-corrected chi connectivity index (χ1v) is 10.2. The molecule has 156 valence electrons. The normalized spacial score (nSPS) is 12.9. The van der Waals surface area contributed by atoms with Gasteiger partial charge in [-0.2, -0.15) is 5.10 Å². The number of aryl methyl sites for hydroxylation is 3. The summed E-state index contributed by atoms with van der Waals surface area (Å²) in [5.74, 6) is 0.648. The quantitative estimate of drug-likeness (QED) is 0.518. The van der Waals surface area contributed by atoms with Gasteiger partial charge >= 0.3 is 0 Å². The highest BCUT2D eigenvalue weighted by atomic mass is 16.2. The molecule has 1 aromatic carbocycles. The molecule has 0 N–H and O–H groups in total. The minimum atomic E-state index is -0.289. The first-order valence-electron chi connectivity index (χ1n) is 10.2. The van der Waals surface area contributed by atoms with E-state index in [4.69, 9.17) is 5.10 Å². The van der Waals surface area contributed by atoms with Gasteiger partial charge in [-0.15, -0.1) is 0 Å². The molecule has 0 spiro atoms. The fourth-order valence-electron chi connectivity index (χ4n) is 4.05. The lowest BCUT2D eigenvalue weighted by Gasteiger charge is -2.18. The number of hydrogen-bond acceptors (Lipinski definition) is 3. The first kappa shape index (κ1) is 19.1. The minimum absolute atomic E-state index is 0.180. The Labute approximate surface area is 179 Å². The van der Waals surface area contributed by atoms with E-state index in [0.29, 0.717) is 13.1 Å². The fraction of sp³-hybridized carbons (Fsp3) is 0.208. The molecular weight excluding hydrogens is 390 g/mol. The zero-order valence-electron chi connectivity index (χ0n) is 17.7. The summed E-state index contributed by atoms with van der Waals surface area (Å²) in [7, 11) is 1.65. The highest BCUT2D eigenvalue weighted by molar-refractivity contribution is 5.94. The summed E-state index contributed by atoms with van der Waals surface area (Å²) in [6.45, 7) is 4.96. The zero-order valence-corrected chi connectivity index (χ0v) is 17.7. The highest BCUT2D eigenvalue weighted by Crippen LogP contribution is 2.31. The van der Waals surface area contributed by atoms with Crippen molar-refractivity contribution >= 4 is 5.91 Å². The molecule has 0 saturated heterocycles. The van der Waals surface area contributed by atoms with Gasteiger partial charge in [0.15, 0.2) is 0 Å². The lowest BCUT2D eigenvalue weighted by molar-refractivity contribution is 0.0747. The van der Waals surface area contributed by atoms with Gasteiger partial charge < -0.3 is 14.0 Å². The van der Waals surface area contributed by atoms with Crippen molar-refractivity contribution in [3.05, 3.63) is 99.4 Å². The molecule has 0 bridgehead atoms. The van der Waals surface area contributed by atoms with Crippen LogP contribution < -0.4 is 5.56 Å². The summed E-state index contributed by atoms with van der Waals surface area (Å²) in [5, 5.41) is 4.87. The van der Waals surface area contributed by atoms with Crippen LogP contribution in [0.4, 0.5) is 0 Å². The monoisotopic (exact) mass is 413 g/mol. The first-order chi connectivity index (χ1) is 14.9. The minimum Gasteiger partial charge on any atom is -0.328 e. The second-order valence-corrected chi connectivity index (χ2v) is 8.02. The number of pyridine rings is 1. The molecule has 3 aromatic heterocycles. The van der Waals surface area contributed by atoms with Crippen molar-refractivity contribution < 1.29 is 4.79 Å². The molecule has 4 heterocycles. The summed E-state index contributed by atoms with van der Waals surface area (Å²) in [4.78, 5) is 27.2. The number of nitrogens with zero attached hydrogens (tertiary/aromatic N) is 5. The molecular formula is C24H23N5O2. The Kier molecular flexibility index (Phi) is 4.39. The van der Waals surface area contributed by atoms with E-state index in [-0.39, 0.29) is 17.0 Å². The molecule has 1 amide bonds. The highest BCUT2D eigenvalue weighted by Gasteiger charge is 2.32. The Morgan fingerprint density at radius 3 is 2.48 bits per heavy atom. The van der Waals surface area contributed by atoms with E-state index in [2.05, 4.69) is 32.0 Å². The van der Waals surface area contributed by atoms with Crippen LogP contribution in [0.3, 0.4) is 0 Å². The van der Waals surface area contributed by atoms with Crippen LogP contribution in [0.2, 0.25) is 0 Å². The Bertz CT molecular complexity index is 1360. The molecule has 31 heavy (non-hydrogen) atoms. The van der Waals surface area contributed by atoms with Gasteiger partial charge in [-0.1, -0.05) is 6.07 Å². The lowest BCUT2D eigenvalue weighted by atomic mass is 10.1. The van der Waals surface area contributed by atoms with Crippen LogP contribution in [0.5, 0.6) is 0 Å². The Morgan fingerprint density at radius 1 is 0.968 bits per heavy atom. The molecule has 5 rings (SSSR count). The van der Waals surface area contributed by atoms with Gasteiger partial charge in [-0.05, 0) is 61.4 Å². The number of aromatic nitrogens is 4. The predicted molar refractivity (Wildman–Crippen MR) is 118 cm³/mol. The number of carbonyl (C=O) groups excluding carboxylic acids is 1. The predicted octanol–water partition coefficient (Wildman–Crippen LogP) is 3.13.